The van der Waals surface area contributed by atoms with Gasteiger partial charge in [-0.05, 0) is 24.1 Å². The maximum absolute atomic E-state index is 12.0. The molecule has 106 valence electrons. The van der Waals surface area contributed by atoms with Gasteiger partial charge in [-0.1, -0.05) is 42.5 Å². The molecule has 1 fully saturated rings. The van der Waals surface area contributed by atoms with E-state index in [-0.39, 0.29) is 12.1 Å². The lowest BCUT2D eigenvalue weighted by atomic mass is 10.1. The van der Waals surface area contributed by atoms with Gasteiger partial charge in [0.05, 0.1) is 17.9 Å². The van der Waals surface area contributed by atoms with E-state index in [1.165, 1.54) is 5.56 Å². The van der Waals surface area contributed by atoms with Crippen LogP contribution in [-0.2, 0) is 0 Å². The molecule has 4 nitrogen and oxygen atoms in total. The van der Waals surface area contributed by atoms with Crippen LogP contribution in [-0.4, -0.2) is 23.6 Å². The van der Waals surface area contributed by atoms with E-state index in [0.29, 0.717) is 6.54 Å². The molecule has 1 aromatic carbocycles. The van der Waals surface area contributed by atoms with Gasteiger partial charge < -0.3 is 5.32 Å². The average Bonchev–Trinajstić information content (AvgIpc) is 2.90. The van der Waals surface area contributed by atoms with Crippen LogP contribution in [0.25, 0.3) is 6.08 Å². The molecule has 0 aliphatic carbocycles. The maximum Gasteiger partial charge on any atom is 0.322 e. The van der Waals surface area contributed by atoms with Crippen molar-refractivity contribution in [2.45, 2.75) is 12.5 Å². The summed E-state index contributed by atoms with van der Waals surface area (Å²) < 4.78 is 0. The molecule has 0 radical (unpaired) electrons. The van der Waals surface area contributed by atoms with E-state index in [0.717, 1.165) is 12.1 Å². The first-order valence-electron chi connectivity index (χ1n) is 7.03. The van der Waals surface area contributed by atoms with Crippen molar-refractivity contribution in [1.29, 1.82) is 0 Å². The fraction of sp³-hybridized carbons (Fsp3) is 0.176. The Bertz CT molecular complexity index is 625. The molecule has 0 bridgehead atoms. The summed E-state index contributed by atoms with van der Waals surface area (Å²) in [5.41, 5.74) is 2.01. The average molecular weight is 279 g/mol. The highest BCUT2D eigenvalue weighted by molar-refractivity contribution is 5.94. The third-order valence-electron chi connectivity index (χ3n) is 3.51. The van der Waals surface area contributed by atoms with E-state index < -0.39 is 0 Å². The molecule has 1 unspecified atom stereocenters. The topological polar surface area (TPSA) is 45.2 Å². The van der Waals surface area contributed by atoms with Gasteiger partial charge in [0.15, 0.2) is 0 Å². The molecule has 2 aromatic rings. The Balaban J connectivity index is 1.70. The summed E-state index contributed by atoms with van der Waals surface area (Å²) in [6.45, 7) is 0.660. The number of hydrogen-bond donors (Lipinski definition) is 1. The predicted molar refractivity (Wildman–Crippen MR) is 84.0 cm³/mol. The summed E-state index contributed by atoms with van der Waals surface area (Å²) >= 11 is 0. The first-order valence-corrected chi connectivity index (χ1v) is 7.03. The van der Waals surface area contributed by atoms with Crippen LogP contribution >= 0.6 is 0 Å². The van der Waals surface area contributed by atoms with Gasteiger partial charge in [-0.25, -0.2) is 4.79 Å². The number of carbonyl (C=O) groups is 1. The lowest BCUT2D eigenvalue weighted by Gasteiger charge is -2.21. The second-order valence-corrected chi connectivity index (χ2v) is 4.97. The van der Waals surface area contributed by atoms with Crippen molar-refractivity contribution < 1.29 is 4.79 Å². The summed E-state index contributed by atoms with van der Waals surface area (Å²) in [7, 11) is 0. The first kappa shape index (κ1) is 13.4. The van der Waals surface area contributed by atoms with Crippen molar-refractivity contribution in [3.63, 3.8) is 0 Å². The van der Waals surface area contributed by atoms with Gasteiger partial charge in [0, 0.05) is 12.7 Å². The summed E-state index contributed by atoms with van der Waals surface area (Å²) in [6, 6.07) is 14.0. The number of nitrogens with zero attached hydrogens (tertiary/aromatic N) is 2. The van der Waals surface area contributed by atoms with Gasteiger partial charge in [0.2, 0.25) is 0 Å². The summed E-state index contributed by atoms with van der Waals surface area (Å²) in [5, 5.41) is 2.89. The van der Waals surface area contributed by atoms with Crippen molar-refractivity contribution in [1.82, 2.24) is 10.3 Å². The van der Waals surface area contributed by atoms with Crippen LogP contribution in [0.2, 0.25) is 0 Å². The Hall–Kier alpha value is -2.62. The van der Waals surface area contributed by atoms with Crippen LogP contribution in [0.1, 0.15) is 12.0 Å². The summed E-state index contributed by atoms with van der Waals surface area (Å²) in [6.07, 6.45) is 8.44. The van der Waals surface area contributed by atoms with E-state index in [2.05, 4.69) is 34.6 Å². The largest absolute Gasteiger partial charge is 0.336 e. The molecule has 1 aromatic heterocycles. The zero-order valence-corrected chi connectivity index (χ0v) is 11.6. The molecular formula is C17H17N3O. The van der Waals surface area contributed by atoms with E-state index in [4.69, 9.17) is 0 Å². The number of carbonyl (C=O) groups excluding carboxylic acids is 1. The zero-order chi connectivity index (χ0) is 14.5. The third-order valence-corrected chi connectivity index (χ3v) is 3.51. The second kappa shape index (κ2) is 6.22. The number of urea groups is 1. The minimum Gasteiger partial charge on any atom is -0.336 e. The van der Waals surface area contributed by atoms with Crippen LogP contribution in [0.15, 0.2) is 60.9 Å². The molecule has 2 amide bonds. The number of pyridine rings is 1. The van der Waals surface area contributed by atoms with Crippen molar-refractivity contribution >= 4 is 17.8 Å². The molecule has 1 aliphatic rings. The smallest absolute Gasteiger partial charge is 0.322 e. The molecular weight excluding hydrogens is 262 g/mol. The van der Waals surface area contributed by atoms with Crippen LogP contribution < -0.4 is 10.2 Å². The first-order chi connectivity index (χ1) is 10.3. The molecule has 1 N–H and O–H groups in total. The lowest BCUT2D eigenvalue weighted by molar-refractivity contribution is 0.251. The highest BCUT2D eigenvalue weighted by Gasteiger charge is 2.30. The molecule has 4 heteroatoms. The zero-order valence-electron chi connectivity index (χ0n) is 11.6. The molecule has 3 rings (SSSR count). The van der Waals surface area contributed by atoms with Crippen LogP contribution in [0, 0.1) is 0 Å². The number of rotatable bonds is 4. The lowest BCUT2D eigenvalue weighted by Crippen LogP contribution is -2.33. The van der Waals surface area contributed by atoms with Crippen molar-refractivity contribution in [2.24, 2.45) is 0 Å². The second-order valence-electron chi connectivity index (χ2n) is 4.97. The summed E-state index contributed by atoms with van der Waals surface area (Å²) in [4.78, 5) is 17.8. The number of benzene rings is 1. The van der Waals surface area contributed by atoms with Crippen LogP contribution in [0.4, 0.5) is 10.5 Å². The fourth-order valence-electron chi connectivity index (χ4n) is 2.49. The minimum absolute atomic E-state index is 0.0545. The van der Waals surface area contributed by atoms with Gasteiger partial charge in [-0.2, -0.15) is 0 Å². The highest BCUT2D eigenvalue weighted by Crippen LogP contribution is 2.21. The SMILES string of the molecule is O=C1NCC(C/C=C/c2ccccc2)N1c1cccnc1. The number of nitrogens with one attached hydrogen (secondary N) is 1. The molecule has 21 heavy (non-hydrogen) atoms. The van der Waals surface area contributed by atoms with Crippen molar-refractivity contribution in [2.75, 3.05) is 11.4 Å². The van der Waals surface area contributed by atoms with Gasteiger partial charge in [0.25, 0.3) is 0 Å². The van der Waals surface area contributed by atoms with Gasteiger partial charge in [0.1, 0.15) is 0 Å². The summed E-state index contributed by atoms with van der Waals surface area (Å²) in [5.74, 6) is 0. The minimum atomic E-state index is -0.0545. The van der Waals surface area contributed by atoms with Crippen molar-refractivity contribution in [3.05, 3.63) is 66.5 Å². The van der Waals surface area contributed by atoms with Gasteiger partial charge in [-0.15, -0.1) is 0 Å². The number of amides is 2. The normalized spacial score (nSPS) is 18.2. The van der Waals surface area contributed by atoms with E-state index in [9.17, 15) is 4.79 Å². The van der Waals surface area contributed by atoms with E-state index in [1.807, 2.05) is 30.3 Å². The quantitative estimate of drug-likeness (QED) is 0.934. The number of hydrogen-bond acceptors (Lipinski definition) is 2. The van der Waals surface area contributed by atoms with Crippen LogP contribution in [0.5, 0.6) is 0 Å². The Morgan fingerprint density at radius 3 is 2.86 bits per heavy atom. The molecule has 1 aliphatic heterocycles. The predicted octanol–water partition coefficient (Wildman–Crippen LogP) is 3.08. The standard InChI is InChI=1S/C17H17N3O/c21-17-19-13-16(20(17)15-10-5-11-18-12-15)9-4-8-14-6-2-1-3-7-14/h1-8,10-12,16H,9,13H2,(H,19,21)/b8-4+. The van der Waals surface area contributed by atoms with E-state index in [1.54, 1.807) is 17.3 Å². The Kier molecular flexibility index (Phi) is 3.96. The fourth-order valence-corrected chi connectivity index (χ4v) is 2.49. The molecule has 2 heterocycles. The van der Waals surface area contributed by atoms with Crippen LogP contribution in [0.3, 0.4) is 0 Å². The third kappa shape index (κ3) is 3.11. The Morgan fingerprint density at radius 1 is 1.24 bits per heavy atom. The van der Waals surface area contributed by atoms with E-state index >= 15 is 0 Å². The Morgan fingerprint density at radius 2 is 2.10 bits per heavy atom. The number of anilines is 1. The maximum atomic E-state index is 12.0. The van der Waals surface area contributed by atoms with Gasteiger partial charge in [-0.3, -0.25) is 9.88 Å². The molecule has 0 spiro atoms. The number of aromatic nitrogens is 1. The molecule has 1 saturated heterocycles. The van der Waals surface area contributed by atoms with Gasteiger partial charge >= 0.3 is 6.03 Å². The molecule has 1 atom stereocenters. The molecule has 0 saturated carbocycles. The highest BCUT2D eigenvalue weighted by atomic mass is 16.2. The Labute approximate surface area is 124 Å². The monoisotopic (exact) mass is 279 g/mol. The van der Waals surface area contributed by atoms with Crippen molar-refractivity contribution in [3.8, 4) is 0 Å².